The van der Waals surface area contributed by atoms with Crippen molar-refractivity contribution in [1.29, 1.82) is 0 Å². The first kappa shape index (κ1) is 19.9. The Morgan fingerprint density at radius 2 is 2.04 bits per heavy atom. The van der Waals surface area contributed by atoms with Gasteiger partial charge in [0.2, 0.25) is 0 Å². The van der Waals surface area contributed by atoms with Crippen LogP contribution in [0.4, 0.5) is 0 Å². The van der Waals surface area contributed by atoms with E-state index in [2.05, 4.69) is 54.6 Å². The number of piperidine rings is 1. The number of carbonyl (C=O) groups excluding carboxylic acids is 1. The average molecular weight is 370 g/mol. The third-order valence-corrected chi connectivity index (χ3v) is 6.35. The van der Waals surface area contributed by atoms with Gasteiger partial charge in [-0.1, -0.05) is 13.3 Å². The molecule has 0 bridgehead atoms. The van der Waals surface area contributed by atoms with Crippen LogP contribution in [0.2, 0.25) is 0 Å². The van der Waals surface area contributed by atoms with Crippen LogP contribution in [0.25, 0.3) is 10.9 Å². The van der Waals surface area contributed by atoms with E-state index in [0.29, 0.717) is 0 Å². The Hall–Kier alpha value is -1.81. The molecule has 1 atom stereocenters. The van der Waals surface area contributed by atoms with Crippen LogP contribution in [0.15, 0.2) is 18.2 Å². The van der Waals surface area contributed by atoms with Crippen molar-refractivity contribution < 1.29 is 4.79 Å². The standard InChI is InChI=1S/C23H35N3O/c1-5-20-10-7-8-14-25(20)15-9-13-24-23(27)19-11-12-22-21(16-19)17(3)18(4)26(22)6-2/h11-12,16,20H,5-10,13-15H2,1-4H3,(H,24,27)/t20-/m0/s1. The molecule has 1 aliphatic rings. The summed E-state index contributed by atoms with van der Waals surface area (Å²) in [4.78, 5) is 15.2. The van der Waals surface area contributed by atoms with Crippen molar-refractivity contribution in [2.45, 2.75) is 72.4 Å². The Morgan fingerprint density at radius 1 is 1.22 bits per heavy atom. The lowest BCUT2D eigenvalue weighted by atomic mass is 10.00. The number of benzene rings is 1. The van der Waals surface area contributed by atoms with Crippen molar-refractivity contribution >= 4 is 16.8 Å². The second-order valence-electron chi connectivity index (χ2n) is 7.89. The lowest BCUT2D eigenvalue weighted by Gasteiger charge is -2.35. The normalized spacial score (nSPS) is 18.1. The molecule has 1 N–H and O–H groups in total. The van der Waals surface area contributed by atoms with E-state index < -0.39 is 0 Å². The van der Waals surface area contributed by atoms with Crippen molar-refractivity contribution in [3.63, 3.8) is 0 Å². The molecule has 27 heavy (non-hydrogen) atoms. The predicted molar refractivity (Wildman–Crippen MR) is 114 cm³/mol. The Labute approximate surface area is 163 Å². The Morgan fingerprint density at radius 3 is 2.78 bits per heavy atom. The van der Waals surface area contributed by atoms with Gasteiger partial charge in [-0.2, -0.15) is 0 Å². The third-order valence-electron chi connectivity index (χ3n) is 6.35. The van der Waals surface area contributed by atoms with E-state index in [1.807, 2.05) is 6.07 Å². The fourth-order valence-electron chi connectivity index (χ4n) is 4.60. The van der Waals surface area contributed by atoms with Gasteiger partial charge in [-0.05, 0) is 76.8 Å². The first-order chi connectivity index (χ1) is 13.1. The van der Waals surface area contributed by atoms with Crippen LogP contribution in [0.3, 0.4) is 0 Å². The second kappa shape index (κ2) is 8.92. The van der Waals surface area contributed by atoms with E-state index in [-0.39, 0.29) is 5.91 Å². The molecule has 4 heteroatoms. The lowest BCUT2D eigenvalue weighted by Crippen LogP contribution is -2.40. The Bertz CT molecular complexity index is 793. The van der Waals surface area contributed by atoms with Gasteiger partial charge in [0.15, 0.2) is 0 Å². The number of rotatable bonds is 7. The molecule has 3 rings (SSSR count). The number of fused-ring (bicyclic) bond motifs is 1. The maximum absolute atomic E-state index is 12.6. The largest absolute Gasteiger partial charge is 0.352 e. The summed E-state index contributed by atoms with van der Waals surface area (Å²) in [5, 5.41) is 4.31. The highest BCUT2D eigenvalue weighted by atomic mass is 16.1. The van der Waals surface area contributed by atoms with Crippen LogP contribution in [-0.4, -0.2) is 41.1 Å². The summed E-state index contributed by atoms with van der Waals surface area (Å²) in [6, 6.07) is 6.84. The summed E-state index contributed by atoms with van der Waals surface area (Å²) in [5.41, 5.74) is 4.55. The van der Waals surface area contributed by atoms with Crippen molar-refractivity contribution in [3.8, 4) is 0 Å². The molecule has 148 valence electrons. The molecule has 1 aromatic carbocycles. The Kier molecular flexibility index (Phi) is 6.59. The van der Waals surface area contributed by atoms with E-state index in [9.17, 15) is 4.79 Å². The minimum Gasteiger partial charge on any atom is -0.352 e. The summed E-state index contributed by atoms with van der Waals surface area (Å²) in [5.74, 6) is 0.0453. The summed E-state index contributed by atoms with van der Waals surface area (Å²) in [6.45, 7) is 12.8. The van der Waals surface area contributed by atoms with Gasteiger partial charge in [-0.3, -0.25) is 4.79 Å². The van der Waals surface area contributed by atoms with Crippen molar-refractivity contribution in [1.82, 2.24) is 14.8 Å². The molecule has 0 saturated carbocycles. The van der Waals surface area contributed by atoms with E-state index >= 15 is 0 Å². The van der Waals surface area contributed by atoms with Crippen LogP contribution in [0.1, 0.15) is 67.6 Å². The quantitative estimate of drug-likeness (QED) is 0.721. The first-order valence-corrected chi connectivity index (χ1v) is 10.7. The predicted octanol–water partition coefficient (Wildman–Crippen LogP) is 4.66. The van der Waals surface area contributed by atoms with Crippen LogP contribution in [0, 0.1) is 13.8 Å². The molecule has 1 aliphatic heterocycles. The van der Waals surface area contributed by atoms with Crippen molar-refractivity contribution in [2.75, 3.05) is 19.6 Å². The highest BCUT2D eigenvalue weighted by molar-refractivity contribution is 5.99. The fraction of sp³-hybridized carbons (Fsp3) is 0.609. The SMILES string of the molecule is CC[C@H]1CCCCN1CCCNC(=O)c1ccc2c(c1)c(C)c(C)n2CC. The van der Waals surface area contributed by atoms with Crippen molar-refractivity contribution in [2.24, 2.45) is 0 Å². The molecule has 2 heterocycles. The van der Waals surface area contributed by atoms with Crippen LogP contribution >= 0.6 is 0 Å². The lowest BCUT2D eigenvalue weighted by molar-refractivity contribution is 0.0947. The number of amides is 1. The molecule has 0 aliphatic carbocycles. The molecule has 2 aromatic rings. The van der Waals surface area contributed by atoms with Crippen LogP contribution in [-0.2, 0) is 6.54 Å². The minimum absolute atomic E-state index is 0.0453. The highest BCUT2D eigenvalue weighted by Gasteiger charge is 2.20. The number of aromatic nitrogens is 1. The van der Waals surface area contributed by atoms with E-state index in [4.69, 9.17) is 0 Å². The summed E-state index contributed by atoms with van der Waals surface area (Å²) in [7, 11) is 0. The number of hydrogen-bond acceptors (Lipinski definition) is 2. The zero-order chi connectivity index (χ0) is 19.4. The maximum Gasteiger partial charge on any atom is 0.251 e. The molecule has 0 radical (unpaired) electrons. The van der Waals surface area contributed by atoms with Crippen LogP contribution < -0.4 is 5.32 Å². The summed E-state index contributed by atoms with van der Waals surface area (Å²) < 4.78 is 2.31. The first-order valence-electron chi connectivity index (χ1n) is 10.7. The second-order valence-corrected chi connectivity index (χ2v) is 7.89. The number of aryl methyl sites for hydroxylation is 2. The van der Waals surface area contributed by atoms with E-state index in [0.717, 1.165) is 37.7 Å². The monoisotopic (exact) mass is 369 g/mol. The zero-order valence-electron chi connectivity index (χ0n) is 17.5. The van der Waals surface area contributed by atoms with Crippen LogP contribution in [0.5, 0.6) is 0 Å². The van der Waals surface area contributed by atoms with E-state index in [1.54, 1.807) is 0 Å². The van der Waals surface area contributed by atoms with E-state index in [1.165, 1.54) is 54.4 Å². The van der Waals surface area contributed by atoms with Gasteiger partial charge in [0.05, 0.1) is 0 Å². The van der Waals surface area contributed by atoms with Gasteiger partial charge in [-0.15, -0.1) is 0 Å². The van der Waals surface area contributed by atoms with Gasteiger partial charge in [0.1, 0.15) is 0 Å². The maximum atomic E-state index is 12.6. The molecule has 1 amide bonds. The molecular formula is C23H35N3O. The topological polar surface area (TPSA) is 37.3 Å². The van der Waals surface area contributed by atoms with Gasteiger partial charge in [0, 0.05) is 47.8 Å². The number of nitrogens with zero attached hydrogens (tertiary/aromatic N) is 2. The van der Waals surface area contributed by atoms with Gasteiger partial charge in [0.25, 0.3) is 5.91 Å². The summed E-state index contributed by atoms with van der Waals surface area (Å²) >= 11 is 0. The Balaban J connectivity index is 1.57. The number of hydrogen-bond donors (Lipinski definition) is 1. The average Bonchev–Trinajstić information content (AvgIpc) is 2.94. The molecular weight excluding hydrogens is 334 g/mol. The highest BCUT2D eigenvalue weighted by Crippen LogP contribution is 2.26. The van der Waals surface area contributed by atoms with Gasteiger partial charge >= 0.3 is 0 Å². The summed E-state index contributed by atoms with van der Waals surface area (Å²) in [6.07, 6.45) is 6.28. The molecule has 0 spiro atoms. The van der Waals surface area contributed by atoms with Gasteiger partial charge in [-0.25, -0.2) is 0 Å². The molecule has 4 nitrogen and oxygen atoms in total. The van der Waals surface area contributed by atoms with Gasteiger partial charge < -0.3 is 14.8 Å². The minimum atomic E-state index is 0.0453. The molecule has 0 unspecified atom stereocenters. The number of nitrogens with one attached hydrogen (secondary N) is 1. The zero-order valence-corrected chi connectivity index (χ0v) is 17.5. The third kappa shape index (κ3) is 4.21. The molecule has 1 saturated heterocycles. The fourth-order valence-corrected chi connectivity index (χ4v) is 4.60. The molecule has 1 fully saturated rings. The van der Waals surface area contributed by atoms with Crippen molar-refractivity contribution in [3.05, 3.63) is 35.0 Å². The smallest absolute Gasteiger partial charge is 0.251 e. The number of carbonyl (C=O) groups is 1. The number of likely N-dealkylation sites (tertiary alicyclic amines) is 1. The molecule has 1 aromatic heterocycles.